The molecule has 30 heavy (non-hydrogen) atoms. The van der Waals surface area contributed by atoms with E-state index in [0.717, 1.165) is 0 Å². The first-order valence-corrected chi connectivity index (χ1v) is 11.7. The number of rotatable bonds is 7. The average Bonchev–Trinajstić information content (AvgIpc) is 3.04. The van der Waals surface area contributed by atoms with Crippen molar-refractivity contribution < 1.29 is 17.5 Å². The lowest BCUT2D eigenvalue weighted by Gasteiger charge is -2.16. The highest BCUT2D eigenvalue weighted by Crippen LogP contribution is 2.33. The van der Waals surface area contributed by atoms with E-state index in [0.29, 0.717) is 22.6 Å². The van der Waals surface area contributed by atoms with E-state index in [4.69, 9.17) is 27.9 Å². The minimum absolute atomic E-state index is 0.0219. The molecule has 7 nitrogen and oxygen atoms in total. The molecule has 1 atom stereocenters. The lowest BCUT2D eigenvalue weighted by atomic mass is 10.3. The number of nitrogens with zero attached hydrogens (tertiary/aromatic N) is 3. The van der Waals surface area contributed by atoms with Crippen LogP contribution >= 0.6 is 39.1 Å². The van der Waals surface area contributed by atoms with E-state index < -0.39 is 21.9 Å². The van der Waals surface area contributed by atoms with Crippen molar-refractivity contribution in [2.45, 2.75) is 31.3 Å². The van der Waals surface area contributed by atoms with Crippen LogP contribution in [-0.2, 0) is 16.6 Å². The quantitative estimate of drug-likeness (QED) is 0.439. The smallest absolute Gasteiger partial charge is 0.322 e. The first-order valence-electron chi connectivity index (χ1n) is 8.65. The molecule has 3 rings (SSSR count). The van der Waals surface area contributed by atoms with Crippen LogP contribution in [0.25, 0.3) is 0 Å². The van der Waals surface area contributed by atoms with Crippen LogP contribution in [0.3, 0.4) is 0 Å². The summed E-state index contributed by atoms with van der Waals surface area (Å²) in [5.74, 6) is 0.294. The average molecular weight is 538 g/mol. The van der Waals surface area contributed by atoms with E-state index in [-0.39, 0.29) is 21.0 Å². The lowest BCUT2D eigenvalue weighted by molar-refractivity contribution is 0.407. The third-order valence-corrected chi connectivity index (χ3v) is 6.95. The second-order valence-electron chi connectivity index (χ2n) is 6.18. The topological polar surface area (TPSA) is 86.1 Å². The summed E-state index contributed by atoms with van der Waals surface area (Å²) in [4.78, 5) is -0.230. The Balaban J connectivity index is 1.87. The normalized spacial score (nSPS) is 12.7. The van der Waals surface area contributed by atoms with Gasteiger partial charge < -0.3 is 4.74 Å². The summed E-state index contributed by atoms with van der Waals surface area (Å²) in [6, 6.07) is 7.66. The highest BCUT2D eigenvalue weighted by molar-refractivity contribution is 9.10. The fourth-order valence-electron chi connectivity index (χ4n) is 2.73. The fourth-order valence-corrected chi connectivity index (χ4v) is 5.87. The Hall–Kier alpha value is -1.72. The molecule has 0 aliphatic rings. The van der Waals surface area contributed by atoms with Gasteiger partial charge in [-0.15, -0.1) is 5.10 Å². The molecule has 12 heteroatoms. The monoisotopic (exact) mass is 536 g/mol. The van der Waals surface area contributed by atoms with Crippen LogP contribution in [0.15, 0.2) is 45.8 Å². The Bertz CT molecular complexity index is 1150. The van der Waals surface area contributed by atoms with Gasteiger partial charge >= 0.3 is 6.01 Å². The molecule has 0 fully saturated rings. The van der Waals surface area contributed by atoms with E-state index >= 15 is 0 Å². The van der Waals surface area contributed by atoms with Crippen LogP contribution in [0.5, 0.6) is 11.8 Å². The van der Waals surface area contributed by atoms with Crippen molar-refractivity contribution in [1.29, 1.82) is 0 Å². The van der Waals surface area contributed by atoms with Crippen LogP contribution in [0.4, 0.5) is 4.39 Å². The summed E-state index contributed by atoms with van der Waals surface area (Å²) in [5.41, 5.74) is 0. The van der Waals surface area contributed by atoms with Crippen LogP contribution in [0.1, 0.15) is 25.7 Å². The van der Waals surface area contributed by atoms with Crippen LogP contribution < -0.4 is 9.46 Å². The zero-order chi connectivity index (χ0) is 22.1. The Morgan fingerprint density at radius 2 is 1.80 bits per heavy atom. The van der Waals surface area contributed by atoms with E-state index in [1.165, 1.54) is 36.4 Å². The first kappa shape index (κ1) is 23.0. The van der Waals surface area contributed by atoms with Gasteiger partial charge in [0.2, 0.25) is 10.0 Å². The van der Waals surface area contributed by atoms with Crippen molar-refractivity contribution in [3.05, 3.63) is 62.6 Å². The third kappa shape index (κ3) is 4.94. The van der Waals surface area contributed by atoms with Gasteiger partial charge in [-0.3, -0.25) is 4.57 Å². The summed E-state index contributed by atoms with van der Waals surface area (Å²) in [7, 11) is -4.06. The minimum atomic E-state index is -4.06. The Morgan fingerprint density at radius 3 is 2.37 bits per heavy atom. The molecule has 1 heterocycles. The Kier molecular flexibility index (Phi) is 7.03. The second kappa shape index (κ2) is 9.19. The third-order valence-electron chi connectivity index (χ3n) is 4.04. The maximum Gasteiger partial charge on any atom is 0.322 e. The molecule has 0 spiro atoms. The van der Waals surface area contributed by atoms with Crippen LogP contribution in [0.2, 0.25) is 10.0 Å². The van der Waals surface area contributed by atoms with Gasteiger partial charge in [-0.1, -0.05) is 44.2 Å². The van der Waals surface area contributed by atoms with Crippen molar-refractivity contribution in [1.82, 2.24) is 19.5 Å². The van der Waals surface area contributed by atoms with Gasteiger partial charge in [-0.05, 0) is 50.2 Å². The SMILES string of the molecule is CCn1c(Oc2ccc(F)cc2)nnc1[C@@H](C)NS(=O)(=O)c1c(Cl)cc(Br)cc1Cl. The molecule has 1 N–H and O–H groups in total. The minimum Gasteiger partial charge on any atom is -0.424 e. The van der Waals surface area contributed by atoms with E-state index in [1.807, 2.05) is 6.92 Å². The number of hydrogen-bond donors (Lipinski definition) is 1. The number of ether oxygens (including phenoxy) is 1. The second-order valence-corrected chi connectivity index (χ2v) is 9.56. The summed E-state index contributed by atoms with van der Waals surface area (Å²) >= 11 is 15.4. The molecule has 0 aliphatic heterocycles. The number of hydrogen-bond acceptors (Lipinski definition) is 5. The molecule has 0 amide bonds. The largest absolute Gasteiger partial charge is 0.424 e. The van der Waals surface area contributed by atoms with Gasteiger partial charge in [0.1, 0.15) is 16.5 Å². The van der Waals surface area contributed by atoms with E-state index in [1.54, 1.807) is 11.5 Å². The number of benzene rings is 2. The van der Waals surface area contributed by atoms with Gasteiger partial charge in [0.15, 0.2) is 5.82 Å². The van der Waals surface area contributed by atoms with Crippen molar-refractivity contribution in [3.8, 4) is 11.8 Å². The van der Waals surface area contributed by atoms with Crippen LogP contribution in [-0.4, -0.2) is 23.2 Å². The molecule has 1 aromatic heterocycles. The van der Waals surface area contributed by atoms with E-state index in [9.17, 15) is 12.8 Å². The number of nitrogens with one attached hydrogen (secondary N) is 1. The molecule has 0 bridgehead atoms. The maximum absolute atomic E-state index is 13.1. The molecule has 0 aliphatic carbocycles. The van der Waals surface area contributed by atoms with Crippen molar-refractivity contribution in [2.24, 2.45) is 0 Å². The summed E-state index contributed by atoms with van der Waals surface area (Å²) in [5, 5.41) is 7.99. The molecule has 0 unspecified atom stereocenters. The zero-order valence-corrected chi connectivity index (χ0v) is 19.6. The van der Waals surface area contributed by atoms with E-state index in [2.05, 4.69) is 30.8 Å². The first-order chi connectivity index (χ1) is 14.1. The van der Waals surface area contributed by atoms with Gasteiger partial charge in [0.25, 0.3) is 0 Å². The standard InChI is InChI=1S/C18H16BrCl2FN4O3S/c1-3-26-17(23-24-18(26)29-13-6-4-12(22)5-7-13)10(2)25-30(27,28)16-14(20)8-11(19)9-15(16)21/h4-10,25H,3H2,1-2H3/t10-/m1/s1. The highest BCUT2D eigenvalue weighted by atomic mass is 79.9. The van der Waals surface area contributed by atoms with Crippen molar-refractivity contribution >= 4 is 49.2 Å². The maximum atomic E-state index is 13.1. The molecular formula is C18H16BrCl2FN4O3S. The van der Waals surface area contributed by atoms with Gasteiger partial charge in [0.05, 0.1) is 16.1 Å². The molecular weight excluding hydrogens is 522 g/mol. The number of sulfonamides is 1. The van der Waals surface area contributed by atoms with Crippen molar-refractivity contribution in [3.63, 3.8) is 0 Å². The molecule has 2 aromatic carbocycles. The highest BCUT2D eigenvalue weighted by Gasteiger charge is 2.27. The molecule has 160 valence electrons. The summed E-state index contributed by atoms with van der Waals surface area (Å²) in [6.45, 7) is 3.84. The van der Waals surface area contributed by atoms with Gasteiger partial charge in [-0.2, -0.15) is 0 Å². The number of halogens is 4. The van der Waals surface area contributed by atoms with Gasteiger partial charge in [-0.25, -0.2) is 17.5 Å². The molecule has 3 aromatic rings. The fraction of sp³-hybridized carbons (Fsp3) is 0.222. The van der Waals surface area contributed by atoms with Gasteiger partial charge in [0, 0.05) is 11.0 Å². The molecule has 0 saturated carbocycles. The Labute approximate surface area is 191 Å². The number of aromatic nitrogens is 3. The van der Waals surface area contributed by atoms with Crippen molar-refractivity contribution in [2.75, 3.05) is 0 Å². The predicted octanol–water partition coefficient (Wildman–Crippen LogP) is 5.34. The summed E-state index contributed by atoms with van der Waals surface area (Å²) in [6.07, 6.45) is 0. The van der Waals surface area contributed by atoms with Crippen LogP contribution in [0, 0.1) is 5.82 Å². The lowest BCUT2D eigenvalue weighted by Crippen LogP contribution is -2.29. The molecule has 0 radical (unpaired) electrons. The predicted molar refractivity (Wildman–Crippen MR) is 115 cm³/mol. The zero-order valence-electron chi connectivity index (χ0n) is 15.7. The molecule has 0 saturated heterocycles. The Morgan fingerprint density at radius 1 is 1.20 bits per heavy atom. The summed E-state index contributed by atoms with van der Waals surface area (Å²) < 4.78 is 49.2.